The fourth-order valence-electron chi connectivity index (χ4n) is 6.00. The molecule has 0 spiro atoms. The van der Waals surface area contributed by atoms with Crippen LogP contribution in [0.15, 0.2) is 54.6 Å². The molecule has 65 heavy (non-hydrogen) atoms. The Hall–Kier alpha value is -7.19. The monoisotopic (exact) mass is 911 g/mol. The van der Waals surface area contributed by atoms with Crippen molar-refractivity contribution in [2.24, 2.45) is 0 Å². The lowest BCUT2D eigenvalue weighted by Crippen LogP contribution is -2.32. The van der Waals surface area contributed by atoms with Crippen LogP contribution in [-0.4, -0.2) is 62.2 Å². The van der Waals surface area contributed by atoms with Crippen LogP contribution in [0, 0.1) is 30.3 Å². The molecule has 3 aromatic carbocycles. The Kier molecular flexibility index (Phi) is 18.2. The molecule has 1 aliphatic heterocycles. The molecule has 3 unspecified atom stereocenters. The van der Waals surface area contributed by atoms with Gasteiger partial charge in [0.2, 0.25) is 0 Å². The van der Waals surface area contributed by atoms with Crippen LogP contribution < -0.4 is 5.32 Å². The summed E-state index contributed by atoms with van der Waals surface area (Å²) >= 11 is 0. The summed E-state index contributed by atoms with van der Waals surface area (Å²) in [6.45, 7) is 22.3. The SMILES string of the molecule is CC(OC(=O)O)c1cc(C(C)(C)C)ccc1[N+](=O)[O-].CC(OC(=O)ON1C(=O)CCC1=O)c1cc(C(C)(C)C)ccc1[N+](=O)[O-].CNC(=O)OC(C)c1cc(C(C)(C)C)ccc1[N+](=O)[O-]. The number of alkyl carbamates (subject to hydrolysis) is 1. The van der Waals surface area contributed by atoms with E-state index in [9.17, 15) is 54.3 Å². The van der Waals surface area contributed by atoms with Gasteiger partial charge in [0.15, 0.2) is 0 Å². The van der Waals surface area contributed by atoms with Gasteiger partial charge in [-0.1, -0.05) is 85.6 Å². The molecule has 3 amide bonds. The molecule has 21 heteroatoms. The summed E-state index contributed by atoms with van der Waals surface area (Å²) in [4.78, 5) is 93.0. The zero-order valence-electron chi connectivity index (χ0n) is 38.7. The topological polar surface area (TPSA) is 287 Å². The fraction of sp³-hybridized carbons (Fsp3) is 0.477. The number of nitrogens with zero attached hydrogens (tertiary/aromatic N) is 4. The molecule has 354 valence electrons. The van der Waals surface area contributed by atoms with E-state index in [4.69, 9.17) is 14.6 Å². The molecule has 2 N–H and O–H groups in total. The summed E-state index contributed by atoms with van der Waals surface area (Å²) < 4.78 is 14.7. The number of nitro benzene ring substituents is 3. The number of amides is 3. The predicted molar refractivity (Wildman–Crippen MR) is 234 cm³/mol. The van der Waals surface area contributed by atoms with Gasteiger partial charge < -0.3 is 24.6 Å². The minimum absolute atomic E-state index is 0.0409. The molecule has 0 aliphatic carbocycles. The first-order valence-corrected chi connectivity index (χ1v) is 20.2. The number of hydroxylamine groups is 2. The lowest BCUT2D eigenvalue weighted by Gasteiger charge is -2.21. The van der Waals surface area contributed by atoms with Crippen molar-refractivity contribution in [1.82, 2.24) is 10.4 Å². The van der Waals surface area contributed by atoms with E-state index >= 15 is 0 Å². The van der Waals surface area contributed by atoms with E-state index in [2.05, 4.69) is 14.9 Å². The first kappa shape index (κ1) is 53.9. The van der Waals surface area contributed by atoms with Gasteiger partial charge in [0.1, 0.15) is 18.3 Å². The van der Waals surface area contributed by atoms with Crippen molar-refractivity contribution in [3.63, 3.8) is 0 Å². The van der Waals surface area contributed by atoms with Gasteiger partial charge in [-0.2, -0.15) is 0 Å². The second-order valence-electron chi connectivity index (χ2n) is 17.8. The number of carboxylic acid groups (broad SMARTS) is 1. The first-order valence-electron chi connectivity index (χ1n) is 20.2. The number of carbonyl (C=O) groups excluding carboxylic acids is 4. The van der Waals surface area contributed by atoms with E-state index in [0.717, 1.165) is 16.7 Å². The molecular formula is C44H57N5O16. The van der Waals surface area contributed by atoms with E-state index in [1.165, 1.54) is 39.1 Å². The molecule has 1 heterocycles. The molecule has 3 aromatic rings. The van der Waals surface area contributed by atoms with Gasteiger partial charge in [0, 0.05) is 38.1 Å². The molecule has 1 aliphatic rings. The number of hydrogen-bond acceptors (Lipinski definition) is 15. The van der Waals surface area contributed by atoms with Gasteiger partial charge in [0.05, 0.1) is 31.5 Å². The molecular weight excluding hydrogens is 855 g/mol. The summed E-state index contributed by atoms with van der Waals surface area (Å²) in [6, 6.07) is 14.2. The van der Waals surface area contributed by atoms with Crippen LogP contribution in [0.1, 0.15) is 148 Å². The molecule has 0 bridgehead atoms. The van der Waals surface area contributed by atoms with Crippen LogP contribution in [0.3, 0.4) is 0 Å². The minimum Gasteiger partial charge on any atom is -0.450 e. The fourth-order valence-corrected chi connectivity index (χ4v) is 6.00. The smallest absolute Gasteiger partial charge is 0.450 e. The van der Waals surface area contributed by atoms with Gasteiger partial charge in [-0.25, -0.2) is 14.4 Å². The van der Waals surface area contributed by atoms with Crippen molar-refractivity contribution in [3.8, 4) is 0 Å². The highest BCUT2D eigenvalue weighted by Crippen LogP contribution is 2.36. The number of rotatable bonds is 10. The third-order valence-electron chi connectivity index (χ3n) is 9.79. The van der Waals surface area contributed by atoms with Gasteiger partial charge in [-0.05, 0) is 71.9 Å². The Morgan fingerprint density at radius 3 is 1.18 bits per heavy atom. The van der Waals surface area contributed by atoms with Crippen molar-refractivity contribution in [3.05, 3.63) is 118 Å². The number of carbonyl (C=O) groups is 5. The van der Waals surface area contributed by atoms with Crippen LogP contribution in [0.5, 0.6) is 0 Å². The molecule has 1 fully saturated rings. The lowest BCUT2D eigenvalue weighted by molar-refractivity contribution is -0.386. The second-order valence-corrected chi connectivity index (χ2v) is 17.8. The molecule has 0 radical (unpaired) electrons. The normalized spacial score (nSPS) is 14.0. The summed E-state index contributed by atoms with van der Waals surface area (Å²) in [5.41, 5.74) is 2.53. The number of imide groups is 1. The Labute approximate surface area is 375 Å². The molecule has 21 nitrogen and oxygen atoms in total. The molecule has 1 saturated heterocycles. The molecule has 0 aromatic heterocycles. The van der Waals surface area contributed by atoms with E-state index in [1.54, 1.807) is 43.3 Å². The zero-order valence-corrected chi connectivity index (χ0v) is 38.7. The lowest BCUT2D eigenvalue weighted by atomic mass is 9.85. The Bertz CT molecular complexity index is 2280. The summed E-state index contributed by atoms with van der Waals surface area (Å²) in [5.74, 6) is -1.28. The van der Waals surface area contributed by atoms with Crippen LogP contribution in [0.25, 0.3) is 0 Å². The average Bonchev–Trinajstić information content (AvgIpc) is 3.51. The standard InChI is InChI=1S/C17H20N2O7.C14H20N2O4.C13H17NO5/c1-10(25-16(22)26-18-14(20)7-8-15(18)21)12-9-11(17(2,3)4)5-6-13(12)19(23)24;1-9(20-13(17)15-5)11-8-10(14(2,3)4)6-7-12(11)16(18)19;1-8(19-12(15)16)10-7-9(13(2,3)4)5-6-11(10)14(17)18/h5-6,9-10H,7-8H2,1-4H3;6-9H,1-5H3,(H,15,17);5-8H,1-4H3,(H,15,16). The van der Waals surface area contributed by atoms with Gasteiger partial charge in [-0.3, -0.25) is 44.8 Å². The Balaban J connectivity index is 0.000000341. The van der Waals surface area contributed by atoms with E-state index in [0.29, 0.717) is 10.6 Å². The van der Waals surface area contributed by atoms with Crippen LogP contribution >= 0.6 is 0 Å². The maximum atomic E-state index is 11.9. The average molecular weight is 912 g/mol. The minimum atomic E-state index is -1.46. The maximum Gasteiger partial charge on any atom is 0.534 e. The van der Waals surface area contributed by atoms with E-state index < -0.39 is 63.3 Å². The van der Waals surface area contributed by atoms with Crippen LogP contribution in [-0.2, 0) is 44.9 Å². The zero-order chi connectivity index (χ0) is 49.9. The third kappa shape index (κ3) is 15.5. The predicted octanol–water partition coefficient (Wildman–Crippen LogP) is 10.1. The second kappa shape index (κ2) is 21.9. The van der Waals surface area contributed by atoms with Crippen molar-refractivity contribution in [2.45, 2.75) is 130 Å². The van der Waals surface area contributed by atoms with Crippen molar-refractivity contribution < 1.29 is 62.9 Å². The largest absolute Gasteiger partial charge is 0.534 e. The summed E-state index contributed by atoms with van der Waals surface area (Å²) in [5, 5.41) is 44.6. The highest BCUT2D eigenvalue weighted by molar-refractivity contribution is 6.01. The first-order chi connectivity index (χ1) is 29.8. The summed E-state index contributed by atoms with van der Waals surface area (Å²) in [6.07, 6.45) is -6.04. The highest BCUT2D eigenvalue weighted by atomic mass is 16.8. The number of benzene rings is 3. The summed E-state index contributed by atoms with van der Waals surface area (Å²) in [7, 11) is 1.44. The molecule has 3 atom stereocenters. The van der Waals surface area contributed by atoms with Crippen molar-refractivity contribution in [1.29, 1.82) is 0 Å². The highest BCUT2D eigenvalue weighted by Gasteiger charge is 2.35. The van der Waals surface area contributed by atoms with E-state index in [-0.39, 0.29) is 57.3 Å². The van der Waals surface area contributed by atoms with E-state index in [1.807, 2.05) is 62.3 Å². The Morgan fingerprint density at radius 1 is 0.600 bits per heavy atom. The number of nitrogens with one attached hydrogen (secondary N) is 1. The van der Waals surface area contributed by atoms with Crippen molar-refractivity contribution >= 4 is 47.3 Å². The number of nitro groups is 3. The van der Waals surface area contributed by atoms with Gasteiger partial charge in [0.25, 0.3) is 28.9 Å². The van der Waals surface area contributed by atoms with Crippen molar-refractivity contribution in [2.75, 3.05) is 7.05 Å². The van der Waals surface area contributed by atoms with Crippen LogP contribution in [0.4, 0.5) is 31.4 Å². The molecule has 4 rings (SSSR count). The third-order valence-corrected chi connectivity index (χ3v) is 9.79. The quantitative estimate of drug-likeness (QED) is 0.0628. The molecule has 0 saturated carbocycles. The maximum absolute atomic E-state index is 11.9. The van der Waals surface area contributed by atoms with Crippen LogP contribution in [0.2, 0.25) is 0 Å². The van der Waals surface area contributed by atoms with Gasteiger partial charge >= 0.3 is 18.4 Å². The number of ether oxygens (including phenoxy) is 3. The number of hydrogen-bond donors (Lipinski definition) is 2. The van der Waals surface area contributed by atoms with Gasteiger partial charge in [-0.15, -0.1) is 0 Å². The Morgan fingerprint density at radius 2 is 0.908 bits per heavy atom.